The van der Waals surface area contributed by atoms with Crippen LogP contribution in [0.1, 0.15) is 61.0 Å². The topological polar surface area (TPSA) is 84.9 Å². The van der Waals surface area contributed by atoms with Crippen molar-refractivity contribution in [2.75, 3.05) is 26.9 Å². The molecule has 0 atom stereocenters. The molecule has 0 saturated heterocycles. The van der Waals surface area contributed by atoms with E-state index in [-0.39, 0.29) is 23.1 Å². The Morgan fingerprint density at radius 3 is 2.38 bits per heavy atom. The summed E-state index contributed by atoms with van der Waals surface area (Å²) in [6.07, 6.45) is 0. The van der Waals surface area contributed by atoms with Gasteiger partial charge in [-0.3, -0.25) is 4.79 Å². The number of amides is 1. The third-order valence-corrected chi connectivity index (χ3v) is 3.63. The first kappa shape index (κ1) is 20.0. The molecule has 1 aromatic rings. The number of carbonyl (C=O) groups excluding carboxylic acids is 2. The molecule has 24 heavy (non-hydrogen) atoms. The van der Waals surface area contributed by atoms with Crippen molar-refractivity contribution in [1.82, 2.24) is 5.32 Å². The maximum atomic E-state index is 12.3. The highest BCUT2D eigenvalue weighted by Gasteiger charge is 2.21. The maximum Gasteiger partial charge on any atom is 0.342 e. The molecule has 0 bridgehead atoms. The molecule has 0 radical (unpaired) electrons. The van der Waals surface area contributed by atoms with Crippen LogP contribution in [0.3, 0.4) is 0 Å². The fourth-order valence-corrected chi connectivity index (χ4v) is 2.16. The number of rotatable bonds is 8. The summed E-state index contributed by atoms with van der Waals surface area (Å²) in [5.41, 5.74) is 1.72. The van der Waals surface area contributed by atoms with Gasteiger partial charge in [0.1, 0.15) is 11.3 Å². The molecule has 0 aliphatic heterocycles. The number of ether oxygens (including phenoxy) is 2. The van der Waals surface area contributed by atoms with Crippen LogP contribution in [0.15, 0.2) is 12.1 Å². The molecule has 0 aliphatic rings. The van der Waals surface area contributed by atoms with Gasteiger partial charge in [0.15, 0.2) is 6.61 Å². The molecule has 1 amide bonds. The molecule has 1 rings (SSSR count). The molecule has 0 fully saturated rings. The van der Waals surface area contributed by atoms with Crippen LogP contribution >= 0.6 is 0 Å². The Balaban J connectivity index is 2.87. The van der Waals surface area contributed by atoms with Gasteiger partial charge in [0.2, 0.25) is 0 Å². The third-order valence-electron chi connectivity index (χ3n) is 3.63. The second kappa shape index (κ2) is 9.27. The molecule has 0 aromatic heterocycles. The molecule has 0 aliphatic carbocycles. The molecule has 2 N–H and O–H groups in total. The smallest absolute Gasteiger partial charge is 0.342 e. The minimum Gasteiger partial charge on any atom is -0.507 e. The average molecular weight is 337 g/mol. The first-order valence-corrected chi connectivity index (χ1v) is 8.07. The lowest BCUT2D eigenvalue weighted by Crippen LogP contribution is -2.31. The zero-order chi connectivity index (χ0) is 18.3. The molecule has 0 saturated carbocycles. The Morgan fingerprint density at radius 1 is 1.17 bits per heavy atom. The van der Waals surface area contributed by atoms with Gasteiger partial charge in [0.05, 0.1) is 6.61 Å². The van der Waals surface area contributed by atoms with Gasteiger partial charge >= 0.3 is 5.97 Å². The molecule has 6 nitrogen and oxygen atoms in total. The van der Waals surface area contributed by atoms with Crippen molar-refractivity contribution in [1.29, 1.82) is 0 Å². The summed E-state index contributed by atoms with van der Waals surface area (Å²) in [5.74, 6) is -0.943. The maximum absolute atomic E-state index is 12.3. The summed E-state index contributed by atoms with van der Waals surface area (Å²) in [7, 11) is 1.53. The van der Waals surface area contributed by atoms with Crippen LogP contribution in [0.4, 0.5) is 0 Å². The van der Waals surface area contributed by atoms with Gasteiger partial charge in [-0.1, -0.05) is 33.8 Å². The van der Waals surface area contributed by atoms with Crippen LogP contribution in [0.25, 0.3) is 0 Å². The number of methoxy groups -OCH3 is 1. The zero-order valence-corrected chi connectivity index (χ0v) is 15.0. The highest BCUT2D eigenvalue weighted by Crippen LogP contribution is 2.33. The van der Waals surface area contributed by atoms with Gasteiger partial charge in [0, 0.05) is 13.7 Å². The van der Waals surface area contributed by atoms with Crippen LogP contribution in [0, 0.1) is 0 Å². The van der Waals surface area contributed by atoms with Gasteiger partial charge < -0.3 is 19.9 Å². The number of phenols is 1. The lowest BCUT2D eigenvalue weighted by Gasteiger charge is -2.16. The third kappa shape index (κ3) is 5.53. The highest BCUT2D eigenvalue weighted by atomic mass is 16.5. The molecule has 1 aromatic carbocycles. The first-order valence-electron chi connectivity index (χ1n) is 8.07. The standard InChI is InChI=1S/C18H27NO5/c1-11(2)13-8-14(12(3)4)17(21)15(9-13)18(22)24-10-16(20)19-6-7-23-5/h8-9,11-12,21H,6-7,10H2,1-5H3,(H,19,20). The van der Waals surface area contributed by atoms with Crippen molar-refractivity contribution in [3.8, 4) is 5.75 Å². The van der Waals surface area contributed by atoms with E-state index in [9.17, 15) is 14.7 Å². The van der Waals surface area contributed by atoms with E-state index in [1.165, 1.54) is 7.11 Å². The van der Waals surface area contributed by atoms with Crippen LogP contribution in [0.5, 0.6) is 5.75 Å². The predicted molar refractivity (Wildman–Crippen MR) is 91.5 cm³/mol. The Kier molecular flexibility index (Phi) is 7.71. The van der Waals surface area contributed by atoms with Crippen molar-refractivity contribution in [3.63, 3.8) is 0 Å². The summed E-state index contributed by atoms with van der Waals surface area (Å²) in [6.45, 7) is 8.23. The number of nitrogens with one attached hydrogen (secondary N) is 1. The fraction of sp³-hybridized carbons (Fsp3) is 0.556. The van der Waals surface area contributed by atoms with Gasteiger partial charge in [-0.25, -0.2) is 4.79 Å². The number of phenolic OH excluding ortho intramolecular Hbond substituents is 1. The summed E-state index contributed by atoms with van der Waals surface area (Å²) in [5, 5.41) is 12.9. The number of hydrogen-bond acceptors (Lipinski definition) is 5. The lowest BCUT2D eigenvalue weighted by atomic mass is 9.92. The number of hydrogen-bond donors (Lipinski definition) is 2. The highest BCUT2D eigenvalue weighted by molar-refractivity contribution is 5.94. The summed E-state index contributed by atoms with van der Waals surface area (Å²) >= 11 is 0. The number of esters is 1. The van der Waals surface area contributed by atoms with Crippen molar-refractivity contribution in [3.05, 3.63) is 28.8 Å². The van der Waals surface area contributed by atoms with Crippen LogP contribution in [-0.4, -0.2) is 43.9 Å². The van der Waals surface area contributed by atoms with E-state index < -0.39 is 18.5 Å². The summed E-state index contributed by atoms with van der Waals surface area (Å²) in [6, 6.07) is 3.52. The lowest BCUT2D eigenvalue weighted by molar-refractivity contribution is -0.124. The minimum absolute atomic E-state index is 0.0626. The quantitative estimate of drug-likeness (QED) is 0.562. The molecule has 6 heteroatoms. The molecule has 0 unspecified atom stereocenters. The van der Waals surface area contributed by atoms with Gasteiger partial charge in [0.25, 0.3) is 5.91 Å². The Hall–Kier alpha value is -2.08. The number of benzene rings is 1. The van der Waals surface area contributed by atoms with Crippen molar-refractivity contribution in [2.45, 2.75) is 39.5 Å². The van der Waals surface area contributed by atoms with E-state index in [1.807, 2.05) is 33.8 Å². The Labute approximate surface area is 143 Å². The van der Waals surface area contributed by atoms with E-state index in [0.717, 1.165) is 5.56 Å². The largest absolute Gasteiger partial charge is 0.507 e. The monoisotopic (exact) mass is 337 g/mol. The van der Waals surface area contributed by atoms with Gasteiger partial charge in [-0.2, -0.15) is 0 Å². The molecule has 0 spiro atoms. The van der Waals surface area contributed by atoms with Crippen molar-refractivity contribution >= 4 is 11.9 Å². The normalized spacial score (nSPS) is 11.0. The van der Waals surface area contributed by atoms with Gasteiger partial charge in [-0.05, 0) is 29.0 Å². The predicted octanol–water partition coefficient (Wildman–Crippen LogP) is 2.56. The van der Waals surface area contributed by atoms with E-state index >= 15 is 0 Å². The SMILES string of the molecule is COCCNC(=O)COC(=O)c1cc(C(C)C)cc(C(C)C)c1O. The molecular weight excluding hydrogens is 310 g/mol. The van der Waals surface area contributed by atoms with Crippen LogP contribution < -0.4 is 5.32 Å². The van der Waals surface area contributed by atoms with E-state index in [1.54, 1.807) is 6.07 Å². The zero-order valence-electron chi connectivity index (χ0n) is 15.0. The Morgan fingerprint density at radius 2 is 1.83 bits per heavy atom. The van der Waals surface area contributed by atoms with Gasteiger partial charge in [-0.15, -0.1) is 0 Å². The minimum atomic E-state index is -0.709. The second-order valence-electron chi connectivity index (χ2n) is 6.23. The average Bonchev–Trinajstić information content (AvgIpc) is 2.52. The van der Waals surface area contributed by atoms with Crippen molar-refractivity contribution in [2.24, 2.45) is 0 Å². The Bertz CT molecular complexity index is 581. The van der Waals surface area contributed by atoms with Crippen LogP contribution in [-0.2, 0) is 14.3 Å². The first-order chi connectivity index (χ1) is 11.3. The summed E-state index contributed by atoms with van der Waals surface area (Å²) < 4.78 is 9.84. The molecule has 0 heterocycles. The van der Waals surface area contributed by atoms with Crippen LogP contribution in [0.2, 0.25) is 0 Å². The van der Waals surface area contributed by atoms with E-state index in [0.29, 0.717) is 18.7 Å². The van der Waals surface area contributed by atoms with Crippen molar-refractivity contribution < 1.29 is 24.2 Å². The second-order valence-corrected chi connectivity index (χ2v) is 6.23. The fourth-order valence-electron chi connectivity index (χ4n) is 2.16. The van der Waals surface area contributed by atoms with E-state index in [4.69, 9.17) is 9.47 Å². The summed E-state index contributed by atoms with van der Waals surface area (Å²) in [4.78, 5) is 23.8. The molecule has 134 valence electrons. The van der Waals surface area contributed by atoms with E-state index in [2.05, 4.69) is 5.32 Å². The number of aromatic hydroxyl groups is 1. The molecular formula is C18H27NO5. The number of carbonyl (C=O) groups is 2.